The Bertz CT molecular complexity index is 688. The maximum Gasteiger partial charge on any atom is 0.296 e. The molecule has 0 fully saturated rings. The third-order valence-electron chi connectivity index (χ3n) is 5.08. The van der Waals surface area contributed by atoms with Gasteiger partial charge in [0.15, 0.2) is 8.32 Å². The first-order valence-electron chi connectivity index (χ1n) is 9.05. The maximum absolute atomic E-state index is 12.4. The smallest absolute Gasteiger partial charge is 0.296 e. The van der Waals surface area contributed by atoms with E-state index in [1.54, 1.807) is 24.3 Å². The van der Waals surface area contributed by atoms with Crippen molar-refractivity contribution in [1.82, 2.24) is 0 Å². The Labute approximate surface area is 160 Å². The Morgan fingerprint density at radius 1 is 1.19 bits per heavy atom. The molecule has 0 saturated heterocycles. The molecule has 6 heteroatoms. The highest BCUT2D eigenvalue weighted by molar-refractivity contribution is 7.86. The van der Waals surface area contributed by atoms with Crippen LogP contribution >= 0.6 is 0 Å². The quantitative estimate of drug-likeness (QED) is 0.322. The van der Waals surface area contributed by atoms with Gasteiger partial charge in [-0.05, 0) is 43.6 Å². The van der Waals surface area contributed by atoms with Gasteiger partial charge in [0.2, 0.25) is 0 Å². The molecule has 0 aromatic heterocycles. The second-order valence-corrected chi connectivity index (χ2v) is 14.8. The Hall–Kier alpha value is -0.953. The van der Waals surface area contributed by atoms with Crippen LogP contribution in [0.2, 0.25) is 18.1 Å². The molecule has 0 saturated carbocycles. The minimum Gasteiger partial charge on any atom is -0.413 e. The number of hydrogen-bond donors (Lipinski definition) is 0. The monoisotopic (exact) mass is 398 g/mol. The molecule has 0 amide bonds. The fourth-order valence-electron chi connectivity index (χ4n) is 2.19. The lowest BCUT2D eigenvalue weighted by Crippen LogP contribution is -2.46. The molecule has 0 N–H and O–H groups in total. The van der Waals surface area contributed by atoms with Crippen LogP contribution in [0, 0.1) is 12.8 Å². The Morgan fingerprint density at radius 2 is 1.73 bits per heavy atom. The van der Waals surface area contributed by atoms with Gasteiger partial charge < -0.3 is 4.43 Å². The molecule has 0 unspecified atom stereocenters. The average Bonchev–Trinajstić information content (AvgIpc) is 2.51. The summed E-state index contributed by atoms with van der Waals surface area (Å²) in [4.78, 5) is 0.181. The van der Waals surface area contributed by atoms with E-state index in [1.807, 2.05) is 19.9 Å². The van der Waals surface area contributed by atoms with E-state index >= 15 is 0 Å². The summed E-state index contributed by atoms with van der Waals surface area (Å²) in [6.07, 6.45) is 2.38. The Kier molecular flexibility index (Phi) is 7.83. The summed E-state index contributed by atoms with van der Waals surface area (Å²) in [6.45, 7) is 18.7. The number of benzene rings is 1. The highest BCUT2D eigenvalue weighted by atomic mass is 32.2. The molecular formula is C20H34O4SSi. The zero-order valence-electron chi connectivity index (χ0n) is 17.2. The molecule has 0 spiro atoms. The summed E-state index contributed by atoms with van der Waals surface area (Å²) in [6, 6.07) is 6.67. The van der Waals surface area contributed by atoms with Crippen molar-refractivity contribution >= 4 is 18.4 Å². The predicted octanol–water partition coefficient (Wildman–Crippen LogP) is 5.30. The van der Waals surface area contributed by atoms with Crippen molar-refractivity contribution in [3.63, 3.8) is 0 Å². The Morgan fingerprint density at radius 3 is 2.19 bits per heavy atom. The van der Waals surface area contributed by atoms with E-state index in [9.17, 15) is 8.42 Å². The third kappa shape index (κ3) is 6.34. The van der Waals surface area contributed by atoms with Crippen molar-refractivity contribution in [2.24, 2.45) is 5.92 Å². The zero-order valence-corrected chi connectivity index (χ0v) is 19.0. The van der Waals surface area contributed by atoms with Crippen molar-refractivity contribution in [3.05, 3.63) is 42.5 Å². The molecule has 26 heavy (non-hydrogen) atoms. The maximum atomic E-state index is 12.4. The molecular weight excluding hydrogens is 364 g/mol. The van der Waals surface area contributed by atoms with E-state index in [2.05, 4.69) is 40.4 Å². The lowest BCUT2D eigenvalue weighted by Gasteiger charge is -2.40. The minimum atomic E-state index is -3.76. The molecule has 0 aliphatic rings. The molecule has 148 valence electrons. The fourth-order valence-corrected chi connectivity index (χ4v) is 4.63. The predicted molar refractivity (Wildman–Crippen MR) is 110 cm³/mol. The van der Waals surface area contributed by atoms with Crippen LogP contribution in [0.15, 0.2) is 41.8 Å². The first-order valence-corrected chi connectivity index (χ1v) is 13.4. The van der Waals surface area contributed by atoms with Gasteiger partial charge in [-0.15, -0.1) is 6.58 Å². The first kappa shape index (κ1) is 23.1. The molecule has 0 aliphatic heterocycles. The van der Waals surface area contributed by atoms with Gasteiger partial charge in [0.05, 0.1) is 17.6 Å². The Balaban J connectivity index is 2.83. The number of aryl methyl sites for hydroxylation is 1. The van der Waals surface area contributed by atoms with Crippen LogP contribution in [-0.4, -0.2) is 29.4 Å². The minimum absolute atomic E-state index is 0.0673. The third-order valence-corrected chi connectivity index (χ3v) is 10.9. The molecule has 0 aliphatic carbocycles. The second kappa shape index (κ2) is 8.82. The van der Waals surface area contributed by atoms with Crippen LogP contribution in [0.3, 0.4) is 0 Å². The number of rotatable bonds is 9. The largest absolute Gasteiger partial charge is 0.413 e. The van der Waals surface area contributed by atoms with Crippen LogP contribution in [0.1, 0.15) is 39.7 Å². The number of hydrogen-bond acceptors (Lipinski definition) is 4. The van der Waals surface area contributed by atoms with Crippen LogP contribution in [0.25, 0.3) is 0 Å². The van der Waals surface area contributed by atoms with Gasteiger partial charge in [0.25, 0.3) is 10.1 Å². The van der Waals surface area contributed by atoms with Crippen LogP contribution < -0.4 is 0 Å². The second-order valence-electron chi connectivity index (χ2n) is 8.47. The summed E-state index contributed by atoms with van der Waals surface area (Å²) in [5.74, 6) is -0.0673. The van der Waals surface area contributed by atoms with Crippen LogP contribution in [0.4, 0.5) is 0 Å². The van der Waals surface area contributed by atoms with E-state index in [-0.39, 0.29) is 28.6 Å². The van der Waals surface area contributed by atoms with Crippen molar-refractivity contribution in [1.29, 1.82) is 0 Å². The SMILES string of the molecule is C=CC[C@H](O[Si](C)(C)C(C)(C)C)[C@@H](C)COS(=O)(=O)c1ccc(C)cc1. The van der Waals surface area contributed by atoms with E-state index in [1.165, 1.54) is 0 Å². The van der Waals surface area contributed by atoms with Gasteiger partial charge in [-0.2, -0.15) is 8.42 Å². The molecule has 0 heterocycles. The van der Waals surface area contributed by atoms with Crippen molar-refractivity contribution in [2.45, 2.75) is 70.2 Å². The van der Waals surface area contributed by atoms with Gasteiger partial charge in [-0.3, -0.25) is 4.18 Å². The average molecular weight is 399 g/mol. The molecule has 1 rings (SSSR count). The summed E-state index contributed by atoms with van der Waals surface area (Å²) in [5.41, 5.74) is 1.01. The summed E-state index contributed by atoms with van der Waals surface area (Å²) >= 11 is 0. The normalized spacial score (nSPS) is 15.5. The molecule has 4 nitrogen and oxygen atoms in total. The van der Waals surface area contributed by atoms with Crippen molar-refractivity contribution in [2.75, 3.05) is 6.61 Å². The summed E-state index contributed by atoms with van der Waals surface area (Å²) in [7, 11) is -5.73. The molecule has 1 aromatic carbocycles. The van der Waals surface area contributed by atoms with E-state index in [0.29, 0.717) is 6.42 Å². The molecule has 2 atom stereocenters. The lowest BCUT2D eigenvalue weighted by atomic mass is 10.0. The standard InChI is InChI=1S/C20H34O4SSi/c1-9-10-19(24-26(7,8)20(4,5)6)17(3)15-23-25(21,22)18-13-11-16(2)12-14-18/h9,11-14,17,19H,1,10,15H2,2-8H3/t17-,19-/m0/s1. The van der Waals surface area contributed by atoms with Gasteiger partial charge >= 0.3 is 0 Å². The van der Waals surface area contributed by atoms with Gasteiger partial charge in [0, 0.05) is 5.92 Å². The van der Waals surface area contributed by atoms with Gasteiger partial charge in [-0.1, -0.05) is 51.5 Å². The van der Waals surface area contributed by atoms with Crippen molar-refractivity contribution in [3.8, 4) is 0 Å². The van der Waals surface area contributed by atoms with Crippen LogP contribution in [0.5, 0.6) is 0 Å². The van der Waals surface area contributed by atoms with E-state index in [0.717, 1.165) is 5.56 Å². The zero-order chi connectivity index (χ0) is 20.2. The van der Waals surface area contributed by atoms with Crippen molar-refractivity contribution < 1.29 is 17.0 Å². The molecule has 0 radical (unpaired) electrons. The summed E-state index contributed by atoms with van der Waals surface area (Å²) < 4.78 is 36.6. The molecule has 0 bridgehead atoms. The van der Waals surface area contributed by atoms with E-state index in [4.69, 9.17) is 8.61 Å². The summed E-state index contributed by atoms with van der Waals surface area (Å²) in [5, 5.41) is 0.0843. The highest BCUT2D eigenvalue weighted by Crippen LogP contribution is 2.38. The lowest BCUT2D eigenvalue weighted by molar-refractivity contribution is 0.0966. The van der Waals surface area contributed by atoms with Crippen LogP contribution in [-0.2, 0) is 18.7 Å². The molecule has 1 aromatic rings. The van der Waals surface area contributed by atoms with Gasteiger partial charge in [0.1, 0.15) is 0 Å². The topological polar surface area (TPSA) is 52.6 Å². The first-order chi connectivity index (χ1) is 11.8. The fraction of sp³-hybridized carbons (Fsp3) is 0.600. The van der Waals surface area contributed by atoms with E-state index < -0.39 is 18.4 Å². The highest BCUT2D eigenvalue weighted by Gasteiger charge is 2.40. The van der Waals surface area contributed by atoms with Gasteiger partial charge in [-0.25, -0.2) is 0 Å².